The van der Waals surface area contributed by atoms with Crippen LogP contribution in [0.1, 0.15) is 32.5 Å². The molecule has 0 amide bonds. The Morgan fingerprint density at radius 3 is 2.92 bits per heavy atom. The molecule has 0 aliphatic heterocycles. The van der Waals surface area contributed by atoms with Crippen molar-refractivity contribution < 1.29 is 0 Å². The van der Waals surface area contributed by atoms with Crippen molar-refractivity contribution in [2.75, 3.05) is 0 Å². The number of nitrogens with one attached hydrogen (secondary N) is 1. The highest BCUT2D eigenvalue weighted by molar-refractivity contribution is 6.20. The van der Waals surface area contributed by atoms with E-state index >= 15 is 0 Å². The highest BCUT2D eigenvalue weighted by Crippen LogP contribution is 2.16. The van der Waals surface area contributed by atoms with Crippen LogP contribution in [0, 0.1) is 5.92 Å². The molecule has 2 unspecified atom stereocenters. The maximum absolute atomic E-state index is 6.19. The molecule has 3 heteroatoms. The molecular formula is C10H17ClN2. The summed E-state index contributed by atoms with van der Waals surface area (Å²) in [5.41, 5.74) is 0. The average Bonchev–Trinajstić information content (AvgIpc) is 2.56. The lowest BCUT2D eigenvalue weighted by Crippen LogP contribution is -2.09. The van der Waals surface area contributed by atoms with E-state index in [-0.39, 0.29) is 5.38 Å². The van der Waals surface area contributed by atoms with E-state index in [9.17, 15) is 0 Å². The van der Waals surface area contributed by atoms with Crippen molar-refractivity contribution in [2.45, 2.75) is 38.5 Å². The second-order valence-corrected chi connectivity index (χ2v) is 4.20. The van der Waals surface area contributed by atoms with Crippen LogP contribution in [-0.4, -0.2) is 15.3 Å². The van der Waals surface area contributed by atoms with Gasteiger partial charge in [0.05, 0.1) is 0 Å². The quantitative estimate of drug-likeness (QED) is 0.728. The Morgan fingerprint density at radius 2 is 2.38 bits per heavy atom. The van der Waals surface area contributed by atoms with Gasteiger partial charge in [0.2, 0.25) is 0 Å². The van der Waals surface area contributed by atoms with Gasteiger partial charge in [0.1, 0.15) is 5.82 Å². The second kappa shape index (κ2) is 5.28. The SMILES string of the molecule is CCC(C)CC(Cl)Cc1ncc[nH]1. The van der Waals surface area contributed by atoms with E-state index < -0.39 is 0 Å². The molecule has 0 aliphatic carbocycles. The summed E-state index contributed by atoms with van der Waals surface area (Å²) >= 11 is 6.19. The second-order valence-electron chi connectivity index (χ2n) is 3.59. The lowest BCUT2D eigenvalue weighted by atomic mass is 10.0. The number of halogens is 1. The van der Waals surface area contributed by atoms with Crippen molar-refractivity contribution in [3.63, 3.8) is 0 Å². The fraction of sp³-hybridized carbons (Fsp3) is 0.700. The Morgan fingerprint density at radius 1 is 1.62 bits per heavy atom. The molecule has 0 saturated heterocycles. The Kier molecular flexibility index (Phi) is 4.29. The summed E-state index contributed by atoms with van der Waals surface area (Å²) in [5, 5.41) is 0.209. The normalized spacial score (nSPS) is 15.6. The van der Waals surface area contributed by atoms with Crippen molar-refractivity contribution in [3.8, 4) is 0 Å². The van der Waals surface area contributed by atoms with E-state index in [1.165, 1.54) is 6.42 Å². The largest absolute Gasteiger partial charge is 0.349 e. The molecule has 2 atom stereocenters. The van der Waals surface area contributed by atoms with Gasteiger partial charge in [-0.2, -0.15) is 0 Å². The first-order chi connectivity index (χ1) is 6.22. The standard InChI is InChI=1S/C10H17ClN2/c1-3-8(2)6-9(11)7-10-12-4-5-13-10/h4-5,8-9H,3,6-7H2,1-2H3,(H,12,13). The van der Waals surface area contributed by atoms with Crippen molar-refractivity contribution in [1.29, 1.82) is 0 Å². The van der Waals surface area contributed by atoms with E-state index in [2.05, 4.69) is 23.8 Å². The molecule has 1 rings (SSSR count). The number of aromatic nitrogens is 2. The van der Waals surface area contributed by atoms with Crippen LogP contribution in [-0.2, 0) is 6.42 Å². The molecule has 0 bridgehead atoms. The summed E-state index contributed by atoms with van der Waals surface area (Å²) in [6.45, 7) is 4.43. The molecule has 0 aliphatic rings. The third kappa shape index (κ3) is 3.81. The summed E-state index contributed by atoms with van der Waals surface area (Å²) < 4.78 is 0. The zero-order valence-electron chi connectivity index (χ0n) is 8.26. The van der Waals surface area contributed by atoms with Gasteiger partial charge in [-0.3, -0.25) is 0 Å². The molecule has 1 N–H and O–H groups in total. The minimum Gasteiger partial charge on any atom is -0.349 e. The highest BCUT2D eigenvalue weighted by atomic mass is 35.5. The Labute approximate surface area is 84.7 Å². The van der Waals surface area contributed by atoms with E-state index in [1.807, 2.05) is 6.20 Å². The number of imidazole rings is 1. The lowest BCUT2D eigenvalue weighted by molar-refractivity contribution is 0.497. The first-order valence-electron chi connectivity index (χ1n) is 4.84. The van der Waals surface area contributed by atoms with Gasteiger partial charge in [0, 0.05) is 24.2 Å². The summed E-state index contributed by atoms with van der Waals surface area (Å²) in [6.07, 6.45) is 6.71. The third-order valence-electron chi connectivity index (χ3n) is 2.32. The lowest BCUT2D eigenvalue weighted by Gasteiger charge is -2.12. The van der Waals surface area contributed by atoms with Crippen molar-refractivity contribution in [2.24, 2.45) is 5.92 Å². The predicted molar refractivity (Wildman–Crippen MR) is 56.0 cm³/mol. The van der Waals surface area contributed by atoms with E-state index in [0.29, 0.717) is 5.92 Å². The number of hydrogen-bond acceptors (Lipinski definition) is 1. The van der Waals surface area contributed by atoms with E-state index in [0.717, 1.165) is 18.7 Å². The predicted octanol–water partition coefficient (Wildman–Crippen LogP) is 3.00. The molecule has 0 fully saturated rings. The summed E-state index contributed by atoms with van der Waals surface area (Å²) in [6, 6.07) is 0. The van der Waals surface area contributed by atoms with E-state index in [1.54, 1.807) is 6.20 Å². The Balaban J connectivity index is 2.29. The highest BCUT2D eigenvalue weighted by Gasteiger charge is 2.10. The molecule has 0 spiro atoms. The molecule has 1 heterocycles. The summed E-state index contributed by atoms with van der Waals surface area (Å²) in [7, 11) is 0. The maximum Gasteiger partial charge on any atom is 0.107 e. The number of nitrogens with zero attached hydrogens (tertiary/aromatic N) is 1. The molecular weight excluding hydrogens is 184 g/mol. The topological polar surface area (TPSA) is 28.7 Å². The van der Waals surface area contributed by atoms with Gasteiger partial charge in [0.25, 0.3) is 0 Å². The zero-order valence-corrected chi connectivity index (χ0v) is 9.01. The van der Waals surface area contributed by atoms with Crippen LogP contribution >= 0.6 is 11.6 Å². The van der Waals surface area contributed by atoms with Crippen LogP contribution in [0.25, 0.3) is 0 Å². The van der Waals surface area contributed by atoms with Crippen molar-refractivity contribution in [3.05, 3.63) is 18.2 Å². The number of H-pyrrole nitrogens is 1. The number of alkyl halides is 1. The van der Waals surface area contributed by atoms with Gasteiger partial charge in [-0.15, -0.1) is 11.6 Å². The number of hydrogen-bond donors (Lipinski definition) is 1. The first-order valence-corrected chi connectivity index (χ1v) is 5.28. The van der Waals surface area contributed by atoms with Crippen molar-refractivity contribution in [1.82, 2.24) is 9.97 Å². The van der Waals surface area contributed by atoms with Gasteiger partial charge in [-0.05, 0) is 12.3 Å². The van der Waals surface area contributed by atoms with Crippen LogP contribution < -0.4 is 0 Å². The molecule has 2 nitrogen and oxygen atoms in total. The van der Waals surface area contributed by atoms with Crippen LogP contribution in [0.2, 0.25) is 0 Å². The molecule has 1 aromatic heterocycles. The van der Waals surface area contributed by atoms with Gasteiger partial charge in [-0.1, -0.05) is 20.3 Å². The molecule has 0 radical (unpaired) electrons. The van der Waals surface area contributed by atoms with E-state index in [4.69, 9.17) is 11.6 Å². The fourth-order valence-electron chi connectivity index (χ4n) is 1.31. The van der Waals surface area contributed by atoms with Crippen molar-refractivity contribution >= 4 is 11.6 Å². The smallest absolute Gasteiger partial charge is 0.107 e. The average molecular weight is 201 g/mol. The first kappa shape index (κ1) is 10.6. The van der Waals surface area contributed by atoms with Crippen LogP contribution in [0.15, 0.2) is 12.4 Å². The molecule has 0 saturated carbocycles. The van der Waals surface area contributed by atoms with Crippen LogP contribution in [0.5, 0.6) is 0 Å². The Bertz CT molecular complexity index is 221. The zero-order chi connectivity index (χ0) is 9.68. The van der Waals surface area contributed by atoms with Gasteiger partial charge in [0.15, 0.2) is 0 Å². The van der Waals surface area contributed by atoms with Crippen LogP contribution in [0.3, 0.4) is 0 Å². The van der Waals surface area contributed by atoms with Crippen LogP contribution in [0.4, 0.5) is 0 Å². The van der Waals surface area contributed by atoms with Gasteiger partial charge < -0.3 is 4.98 Å². The number of rotatable bonds is 5. The summed E-state index contributed by atoms with van der Waals surface area (Å²) in [5.74, 6) is 1.70. The minimum atomic E-state index is 0.209. The van der Waals surface area contributed by atoms with Gasteiger partial charge >= 0.3 is 0 Å². The molecule has 0 aromatic carbocycles. The summed E-state index contributed by atoms with van der Waals surface area (Å²) in [4.78, 5) is 7.21. The Hall–Kier alpha value is -0.500. The third-order valence-corrected chi connectivity index (χ3v) is 2.66. The van der Waals surface area contributed by atoms with Gasteiger partial charge in [-0.25, -0.2) is 4.98 Å². The molecule has 13 heavy (non-hydrogen) atoms. The minimum absolute atomic E-state index is 0.209. The monoisotopic (exact) mass is 200 g/mol. The number of aromatic amines is 1. The fourth-order valence-corrected chi connectivity index (χ4v) is 1.76. The molecule has 74 valence electrons. The maximum atomic E-state index is 6.19. The molecule has 1 aromatic rings.